The molecule has 0 aliphatic heterocycles. The zero-order chi connectivity index (χ0) is 52.5. The Balaban J connectivity index is 1.82. The van der Waals surface area contributed by atoms with Crippen LogP contribution in [0.4, 0.5) is 0 Å². The maximum Gasteiger partial charge on any atom is 0.326 e. The molecule has 0 spiro atoms. The average Bonchev–Trinajstić information content (AvgIpc) is 3.34. The zero-order valence-electron chi connectivity index (χ0n) is 39.1. The zero-order valence-corrected chi connectivity index (χ0v) is 39.9. The summed E-state index contributed by atoms with van der Waals surface area (Å²) in [5, 5.41) is 49.6. The van der Waals surface area contributed by atoms with E-state index in [4.69, 9.17) is 11.5 Å². The number of aliphatic hydroxyl groups is 2. The van der Waals surface area contributed by atoms with Gasteiger partial charge in [-0.25, -0.2) is 4.79 Å². The summed E-state index contributed by atoms with van der Waals surface area (Å²) in [6.07, 6.45) is -0.915. The van der Waals surface area contributed by atoms with Gasteiger partial charge in [-0.05, 0) is 42.0 Å². The lowest BCUT2D eigenvalue weighted by atomic mass is 10.0. The summed E-state index contributed by atoms with van der Waals surface area (Å²) in [6.45, 7) is -1.00. The van der Waals surface area contributed by atoms with E-state index in [0.717, 1.165) is 0 Å². The van der Waals surface area contributed by atoms with Crippen molar-refractivity contribution in [2.45, 2.75) is 87.4 Å². The van der Waals surface area contributed by atoms with Crippen molar-refractivity contribution in [3.63, 3.8) is 0 Å². The number of carbonyl (C=O) groups is 10. The Morgan fingerprint density at radius 1 is 0.549 bits per heavy atom. The van der Waals surface area contributed by atoms with E-state index in [1.165, 1.54) is 18.7 Å². The van der Waals surface area contributed by atoms with E-state index in [1.54, 1.807) is 97.3 Å². The lowest BCUT2D eigenvalue weighted by Crippen LogP contribution is -2.62. The molecule has 0 aliphatic carbocycles. The standard InChI is InChI=1S/C47H62N10O13S/c1-27(59)40(57-44(66)33(52-38(61)24-48)21-29-14-8-4-9-15-29)46(68)55-34(22-30-16-10-5-11-17-30)42(64)56-36(26-58)45(67)54-35(23-37(49)60)43(65)53-32(20-28-12-6-3-7-13-28)41(63)50-25-39(62)51-31(47(69)70)18-19-71-2/h3-17,27,31-36,40,58-59H,18-26,48H2,1-2H3,(H2,49,60)(H,50,63)(H,51,62)(H,52,61)(H,53,65)(H,54,67)(H,55,68)(H,56,64)(H,57,66)(H,69,70)/t27-,31+,32+,33+,34+,35+,36+,40+/m1/s1. The van der Waals surface area contributed by atoms with E-state index in [1.807, 2.05) is 0 Å². The van der Waals surface area contributed by atoms with Crippen LogP contribution in [0, 0.1) is 0 Å². The lowest BCUT2D eigenvalue weighted by Gasteiger charge is -2.28. The van der Waals surface area contributed by atoms with E-state index in [9.17, 15) is 63.3 Å². The molecule has 71 heavy (non-hydrogen) atoms. The topological polar surface area (TPSA) is 380 Å². The van der Waals surface area contributed by atoms with E-state index in [-0.39, 0.29) is 25.7 Å². The second kappa shape index (κ2) is 30.3. The van der Waals surface area contributed by atoms with Crippen molar-refractivity contribution < 1.29 is 63.3 Å². The van der Waals surface area contributed by atoms with Gasteiger partial charge in [-0.1, -0.05) is 91.0 Å². The first kappa shape index (κ1) is 57.9. The predicted octanol–water partition coefficient (Wildman–Crippen LogP) is -3.73. The van der Waals surface area contributed by atoms with E-state index in [0.29, 0.717) is 22.4 Å². The molecule has 0 fully saturated rings. The molecule has 384 valence electrons. The second-order valence-electron chi connectivity index (χ2n) is 16.2. The minimum absolute atomic E-state index is 0.0153. The molecule has 3 aromatic rings. The number of aliphatic hydroxyl groups excluding tert-OH is 2. The highest BCUT2D eigenvalue weighted by Crippen LogP contribution is 2.10. The van der Waals surface area contributed by atoms with Gasteiger partial charge in [-0.2, -0.15) is 11.8 Å². The molecule has 0 aromatic heterocycles. The smallest absolute Gasteiger partial charge is 0.326 e. The maximum absolute atomic E-state index is 14.0. The van der Waals surface area contributed by atoms with Crippen LogP contribution in [0.3, 0.4) is 0 Å². The van der Waals surface area contributed by atoms with Crippen molar-refractivity contribution in [1.29, 1.82) is 0 Å². The van der Waals surface area contributed by atoms with Crippen molar-refractivity contribution in [3.8, 4) is 0 Å². The van der Waals surface area contributed by atoms with Crippen molar-refractivity contribution in [1.82, 2.24) is 42.5 Å². The van der Waals surface area contributed by atoms with Gasteiger partial charge in [0, 0.05) is 19.3 Å². The van der Waals surface area contributed by atoms with Gasteiger partial charge in [0.25, 0.3) is 0 Å². The second-order valence-corrected chi connectivity index (χ2v) is 17.2. The summed E-state index contributed by atoms with van der Waals surface area (Å²) in [5.41, 5.74) is 12.6. The number of primary amides is 1. The van der Waals surface area contributed by atoms with Crippen LogP contribution in [-0.4, -0.2) is 155 Å². The van der Waals surface area contributed by atoms with Crippen molar-refractivity contribution in [2.75, 3.05) is 31.7 Å². The molecular weight excluding hydrogens is 945 g/mol. The highest BCUT2D eigenvalue weighted by atomic mass is 32.2. The number of hydrogen-bond acceptors (Lipinski definition) is 14. The van der Waals surface area contributed by atoms with Crippen LogP contribution >= 0.6 is 11.8 Å². The van der Waals surface area contributed by atoms with Gasteiger partial charge >= 0.3 is 5.97 Å². The van der Waals surface area contributed by atoms with E-state index >= 15 is 0 Å². The maximum atomic E-state index is 14.0. The van der Waals surface area contributed by atoms with Crippen LogP contribution in [0.15, 0.2) is 91.0 Å². The Morgan fingerprint density at radius 2 is 0.958 bits per heavy atom. The molecule has 9 amide bonds. The molecule has 15 N–H and O–H groups in total. The molecule has 3 rings (SSSR count). The molecular formula is C47H62N10O13S. The third-order valence-electron chi connectivity index (χ3n) is 10.5. The highest BCUT2D eigenvalue weighted by molar-refractivity contribution is 7.98. The largest absolute Gasteiger partial charge is 0.480 e. The highest BCUT2D eigenvalue weighted by Gasteiger charge is 2.35. The number of hydrogen-bond donors (Lipinski definition) is 13. The first-order valence-electron chi connectivity index (χ1n) is 22.3. The van der Waals surface area contributed by atoms with Gasteiger partial charge in [-0.3, -0.25) is 43.2 Å². The van der Waals surface area contributed by atoms with E-state index < -0.39 is 134 Å². The molecule has 0 heterocycles. The van der Waals surface area contributed by atoms with Crippen LogP contribution in [0.1, 0.15) is 36.5 Å². The summed E-state index contributed by atoms with van der Waals surface area (Å²) in [4.78, 5) is 131. The minimum atomic E-state index is -1.84. The Morgan fingerprint density at radius 3 is 1.41 bits per heavy atom. The molecule has 0 aliphatic rings. The number of aliphatic carboxylic acids is 1. The number of carboxylic acids is 1. The van der Waals surface area contributed by atoms with Gasteiger partial charge in [0.15, 0.2) is 0 Å². The van der Waals surface area contributed by atoms with Gasteiger partial charge < -0.3 is 69.3 Å². The van der Waals surface area contributed by atoms with E-state index in [2.05, 4.69) is 42.5 Å². The van der Waals surface area contributed by atoms with Gasteiger partial charge in [0.2, 0.25) is 53.2 Å². The fourth-order valence-corrected chi connectivity index (χ4v) is 7.27. The fourth-order valence-electron chi connectivity index (χ4n) is 6.80. The molecule has 0 unspecified atom stereocenters. The molecule has 8 atom stereocenters. The molecule has 0 saturated heterocycles. The number of benzene rings is 3. The molecule has 0 bridgehead atoms. The van der Waals surface area contributed by atoms with Crippen LogP contribution in [0.5, 0.6) is 0 Å². The molecule has 24 heteroatoms. The molecule has 0 radical (unpaired) electrons. The van der Waals surface area contributed by atoms with Crippen molar-refractivity contribution >= 4 is 70.9 Å². The normalized spacial score (nSPS) is 14.2. The molecule has 0 saturated carbocycles. The Labute approximate surface area is 413 Å². The van der Waals surface area contributed by atoms with Crippen LogP contribution in [0.2, 0.25) is 0 Å². The van der Waals surface area contributed by atoms with Crippen molar-refractivity contribution in [2.24, 2.45) is 11.5 Å². The average molecular weight is 1010 g/mol. The number of amides is 9. The SMILES string of the molecule is CSCC[C@H](NC(=O)CNC(=O)[C@H](Cc1ccccc1)NC(=O)[C@H](CC(N)=O)NC(=O)[C@H](CO)NC(=O)[C@H](Cc1ccccc1)NC(=O)[C@@H](NC(=O)[C@H](Cc1ccccc1)NC(=O)CN)[C@@H](C)O)C(=O)O. The number of thioether (sulfide) groups is 1. The Kier molecular flexibility index (Phi) is 24.7. The number of carbonyl (C=O) groups excluding carboxylic acids is 9. The third-order valence-corrected chi connectivity index (χ3v) is 11.2. The number of nitrogens with one attached hydrogen (secondary N) is 8. The molecule has 3 aromatic carbocycles. The quantitative estimate of drug-likeness (QED) is 0.0305. The Hall–Kier alpha value is -7.41. The third kappa shape index (κ3) is 20.6. The van der Waals surface area contributed by atoms with Gasteiger partial charge in [0.05, 0.1) is 32.2 Å². The van der Waals surface area contributed by atoms with Gasteiger partial charge in [0.1, 0.15) is 42.3 Å². The summed E-state index contributed by atoms with van der Waals surface area (Å²) >= 11 is 1.37. The lowest BCUT2D eigenvalue weighted by molar-refractivity contribution is -0.141. The van der Waals surface area contributed by atoms with Gasteiger partial charge in [-0.15, -0.1) is 0 Å². The first-order valence-corrected chi connectivity index (χ1v) is 23.7. The number of nitrogens with two attached hydrogens (primary N) is 2. The Bertz CT molecular complexity index is 2280. The minimum Gasteiger partial charge on any atom is -0.480 e. The number of rotatable bonds is 30. The summed E-state index contributed by atoms with van der Waals surface area (Å²) < 4.78 is 0. The monoisotopic (exact) mass is 1010 g/mol. The summed E-state index contributed by atoms with van der Waals surface area (Å²) in [5.74, 6) is -9.61. The summed E-state index contributed by atoms with van der Waals surface area (Å²) in [7, 11) is 0. The van der Waals surface area contributed by atoms with Crippen molar-refractivity contribution in [3.05, 3.63) is 108 Å². The fraction of sp³-hybridized carbons (Fsp3) is 0.404. The summed E-state index contributed by atoms with van der Waals surface area (Å²) in [6, 6.07) is 14.4. The van der Waals surface area contributed by atoms with Crippen LogP contribution in [0.25, 0.3) is 0 Å². The van der Waals surface area contributed by atoms with Crippen LogP contribution in [-0.2, 0) is 67.2 Å². The molecule has 23 nitrogen and oxygen atoms in total. The first-order chi connectivity index (χ1) is 33.8. The number of carboxylic acid groups (broad SMARTS) is 1. The predicted molar refractivity (Wildman–Crippen MR) is 259 cm³/mol. The van der Waals surface area contributed by atoms with Crippen LogP contribution < -0.4 is 54.0 Å².